The molecule has 1 aromatic heterocycles. The molecule has 0 bridgehead atoms. The van der Waals surface area contributed by atoms with Crippen LogP contribution in [-0.2, 0) is 11.2 Å². The minimum Gasteiger partial charge on any atom is -0.550 e. The molecule has 2 aromatic carbocycles. The van der Waals surface area contributed by atoms with Gasteiger partial charge in [-0.1, -0.05) is 36.4 Å². The predicted octanol–water partition coefficient (Wildman–Crippen LogP) is -0.696. The van der Waals surface area contributed by atoms with E-state index in [-0.39, 0.29) is 41.9 Å². The van der Waals surface area contributed by atoms with Crippen LogP contribution in [0.5, 0.6) is 0 Å². The van der Waals surface area contributed by atoms with Gasteiger partial charge >= 0.3 is 35.4 Å². The molecule has 0 saturated heterocycles. The fraction of sp³-hybridized carbons (Fsp3) is 0.0625. The zero-order chi connectivity index (χ0) is 15.7. The third-order valence-electron chi connectivity index (χ3n) is 3.31. The average molecular weight is 319 g/mol. The molecule has 1 heterocycles. The van der Waals surface area contributed by atoms with Gasteiger partial charge in [-0.05, 0) is 23.3 Å². The maximum absolute atomic E-state index is 11.2. The van der Waals surface area contributed by atoms with Crippen LogP contribution in [0.1, 0.15) is 5.56 Å². The van der Waals surface area contributed by atoms with Crippen molar-refractivity contribution in [2.75, 3.05) is 0 Å². The van der Waals surface area contributed by atoms with E-state index in [4.69, 9.17) is 4.42 Å². The number of hydrogen-bond donors (Lipinski definition) is 0. The standard InChI is InChI=1S/C16H11NO5.Na/c18-14(19)9-10-6-7-13-12(8-10)15(16(22-13)17(20)21)11-4-2-1-3-5-11;/h1-8H,9H2,(H,18,19);/q;+1/p-1. The van der Waals surface area contributed by atoms with Crippen molar-refractivity contribution in [3.8, 4) is 11.1 Å². The van der Waals surface area contributed by atoms with Crippen LogP contribution in [0.4, 0.5) is 5.88 Å². The molecule has 0 saturated carbocycles. The molecule has 3 aromatic rings. The monoisotopic (exact) mass is 319 g/mol. The van der Waals surface area contributed by atoms with Crippen molar-refractivity contribution in [2.45, 2.75) is 6.42 Å². The molecule has 110 valence electrons. The Balaban J connectivity index is 0.00000192. The van der Waals surface area contributed by atoms with E-state index in [1.54, 1.807) is 42.5 Å². The number of furan rings is 1. The van der Waals surface area contributed by atoms with Crippen LogP contribution < -0.4 is 34.7 Å². The van der Waals surface area contributed by atoms with Crippen molar-refractivity contribution >= 4 is 22.8 Å². The number of carbonyl (C=O) groups excluding carboxylic acids is 1. The van der Waals surface area contributed by atoms with E-state index in [9.17, 15) is 20.0 Å². The Bertz CT molecular complexity index is 873. The predicted molar refractivity (Wildman–Crippen MR) is 77.0 cm³/mol. The van der Waals surface area contributed by atoms with Crippen LogP contribution >= 0.6 is 0 Å². The number of aliphatic carboxylic acids is 1. The van der Waals surface area contributed by atoms with Gasteiger partial charge in [-0.2, -0.15) is 0 Å². The second kappa shape index (κ2) is 6.95. The summed E-state index contributed by atoms with van der Waals surface area (Å²) >= 11 is 0. The molecular weight excluding hydrogens is 309 g/mol. The second-order valence-corrected chi connectivity index (χ2v) is 4.78. The fourth-order valence-electron chi connectivity index (χ4n) is 2.42. The quantitative estimate of drug-likeness (QED) is 0.360. The Morgan fingerprint density at radius 2 is 1.83 bits per heavy atom. The molecule has 0 aliphatic rings. The van der Waals surface area contributed by atoms with Gasteiger partial charge in [0, 0.05) is 17.8 Å². The minimum atomic E-state index is -1.21. The van der Waals surface area contributed by atoms with Gasteiger partial charge in [-0.15, -0.1) is 0 Å². The van der Waals surface area contributed by atoms with Gasteiger partial charge < -0.3 is 14.3 Å². The summed E-state index contributed by atoms with van der Waals surface area (Å²) in [6.45, 7) is 0. The number of nitrogens with zero attached hydrogens (tertiary/aromatic N) is 1. The van der Waals surface area contributed by atoms with E-state index in [1.807, 2.05) is 0 Å². The topological polar surface area (TPSA) is 96.4 Å². The van der Waals surface area contributed by atoms with Gasteiger partial charge in [0.25, 0.3) is 0 Å². The van der Waals surface area contributed by atoms with Crippen LogP contribution in [0.15, 0.2) is 52.9 Å². The molecular formula is C16H10NNaO5. The Hall–Kier alpha value is -2.15. The molecule has 0 radical (unpaired) electrons. The van der Waals surface area contributed by atoms with E-state index < -0.39 is 10.9 Å². The first-order valence-corrected chi connectivity index (χ1v) is 6.51. The number of carboxylic acids is 1. The Morgan fingerprint density at radius 1 is 1.13 bits per heavy atom. The summed E-state index contributed by atoms with van der Waals surface area (Å²) in [5.74, 6) is -1.56. The summed E-state index contributed by atoms with van der Waals surface area (Å²) in [6, 6.07) is 13.5. The third-order valence-corrected chi connectivity index (χ3v) is 3.31. The van der Waals surface area contributed by atoms with Gasteiger partial charge in [-0.25, -0.2) is 0 Å². The molecule has 0 spiro atoms. The average Bonchev–Trinajstić information content (AvgIpc) is 2.86. The van der Waals surface area contributed by atoms with Crippen molar-refractivity contribution in [3.63, 3.8) is 0 Å². The number of fused-ring (bicyclic) bond motifs is 1. The molecule has 23 heavy (non-hydrogen) atoms. The van der Waals surface area contributed by atoms with E-state index in [1.165, 1.54) is 6.07 Å². The van der Waals surface area contributed by atoms with Gasteiger partial charge in [0.15, 0.2) is 0 Å². The molecule has 6 nitrogen and oxygen atoms in total. The van der Waals surface area contributed by atoms with Crippen molar-refractivity contribution in [1.29, 1.82) is 0 Å². The molecule has 0 unspecified atom stereocenters. The first-order valence-electron chi connectivity index (χ1n) is 6.51. The largest absolute Gasteiger partial charge is 1.00 e. The normalized spacial score (nSPS) is 10.3. The van der Waals surface area contributed by atoms with Crippen molar-refractivity contribution in [3.05, 3.63) is 64.2 Å². The summed E-state index contributed by atoms with van der Waals surface area (Å²) in [5.41, 5.74) is 1.83. The van der Waals surface area contributed by atoms with Crippen LogP contribution in [0.2, 0.25) is 0 Å². The van der Waals surface area contributed by atoms with Crippen molar-refractivity contribution in [2.24, 2.45) is 0 Å². The summed E-state index contributed by atoms with van der Waals surface area (Å²) in [4.78, 5) is 21.4. The molecule has 7 heteroatoms. The van der Waals surface area contributed by atoms with Crippen molar-refractivity contribution in [1.82, 2.24) is 0 Å². The zero-order valence-corrected chi connectivity index (χ0v) is 14.3. The van der Waals surface area contributed by atoms with Gasteiger partial charge in [-0.3, -0.25) is 10.1 Å². The van der Waals surface area contributed by atoms with Gasteiger partial charge in [0.1, 0.15) is 16.1 Å². The van der Waals surface area contributed by atoms with Crippen molar-refractivity contribution < 1.29 is 48.8 Å². The van der Waals surface area contributed by atoms with Crippen LogP contribution in [-0.4, -0.2) is 10.9 Å². The first-order chi connectivity index (χ1) is 10.6. The smallest absolute Gasteiger partial charge is 0.550 e. The Morgan fingerprint density at radius 3 is 2.43 bits per heavy atom. The Kier molecular flexibility index (Phi) is 5.20. The van der Waals surface area contributed by atoms with Crippen LogP contribution in [0.25, 0.3) is 22.1 Å². The molecule has 3 rings (SSSR count). The maximum atomic E-state index is 11.2. The summed E-state index contributed by atoms with van der Waals surface area (Å²) in [7, 11) is 0. The number of hydrogen-bond acceptors (Lipinski definition) is 5. The number of nitro groups is 1. The van der Waals surface area contributed by atoms with Gasteiger partial charge in [0.2, 0.25) is 0 Å². The summed E-state index contributed by atoms with van der Waals surface area (Å²) < 4.78 is 5.31. The summed E-state index contributed by atoms with van der Waals surface area (Å²) in [5, 5.41) is 22.5. The van der Waals surface area contributed by atoms with E-state index in [0.29, 0.717) is 27.7 Å². The third kappa shape index (κ3) is 3.44. The van der Waals surface area contributed by atoms with E-state index >= 15 is 0 Å². The maximum Gasteiger partial charge on any atom is 1.00 e. The van der Waals surface area contributed by atoms with E-state index in [0.717, 1.165) is 0 Å². The molecule has 0 atom stereocenters. The summed E-state index contributed by atoms with van der Waals surface area (Å²) in [6.07, 6.45) is -0.261. The zero-order valence-electron chi connectivity index (χ0n) is 12.3. The molecule has 0 amide bonds. The SMILES string of the molecule is O=C([O-])Cc1ccc2oc([N+](=O)[O-])c(-c3ccccc3)c2c1.[Na+]. The number of rotatable bonds is 4. The van der Waals surface area contributed by atoms with E-state index in [2.05, 4.69) is 0 Å². The molecule has 0 aliphatic heterocycles. The Labute approximate surface area is 153 Å². The first kappa shape index (κ1) is 17.2. The minimum absolute atomic E-state index is 0. The molecule has 0 fully saturated rings. The number of carboxylic acid groups (broad SMARTS) is 1. The fourth-order valence-corrected chi connectivity index (χ4v) is 2.42. The van der Waals surface area contributed by atoms with Crippen LogP contribution in [0, 0.1) is 10.1 Å². The second-order valence-electron chi connectivity index (χ2n) is 4.78. The van der Waals surface area contributed by atoms with Crippen LogP contribution in [0.3, 0.4) is 0 Å². The number of benzene rings is 2. The number of carbonyl (C=O) groups is 1. The molecule has 0 aliphatic carbocycles. The molecule has 0 N–H and O–H groups in total. The van der Waals surface area contributed by atoms with Gasteiger partial charge in [0.05, 0.1) is 0 Å².